The second kappa shape index (κ2) is 4.40. The molecule has 0 bridgehead atoms. The highest BCUT2D eigenvalue weighted by atomic mass is 19.1. The zero-order valence-corrected chi connectivity index (χ0v) is 11.6. The maximum Gasteiger partial charge on any atom is 0.123 e. The van der Waals surface area contributed by atoms with E-state index in [4.69, 9.17) is 0 Å². The van der Waals surface area contributed by atoms with Crippen LogP contribution in [0.3, 0.4) is 0 Å². The van der Waals surface area contributed by atoms with Crippen LogP contribution in [0.1, 0.15) is 11.3 Å². The molecule has 21 heavy (non-hydrogen) atoms. The van der Waals surface area contributed by atoms with E-state index in [2.05, 4.69) is 9.47 Å². The molecular weight excluding hydrogens is 270 g/mol. The monoisotopic (exact) mass is 284 g/mol. The van der Waals surface area contributed by atoms with Crippen LogP contribution in [0, 0.1) is 11.6 Å². The van der Waals surface area contributed by atoms with Crippen LogP contribution in [0.5, 0.6) is 0 Å². The van der Waals surface area contributed by atoms with Crippen molar-refractivity contribution >= 4 is 10.9 Å². The number of hydrogen-bond donors (Lipinski definition) is 0. The fraction of sp³-hybridized carbons (Fsp3) is 0.176. The van der Waals surface area contributed by atoms with Gasteiger partial charge in [-0.1, -0.05) is 0 Å². The molecular formula is C17H14F2N2. The Labute approximate surface area is 121 Å². The molecule has 0 saturated carbocycles. The van der Waals surface area contributed by atoms with Crippen molar-refractivity contribution < 1.29 is 8.78 Å². The highest BCUT2D eigenvalue weighted by molar-refractivity contribution is 5.88. The molecule has 0 amide bonds. The lowest BCUT2D eigenvalue weighted by Gasteiger charge is -2.12. The SMILES string of the molecule is CN1Cc2c(n(-c3ccc(F)cc3)c3ccc(F)cc23)C1. The molecule has 0 aliphatic carbocycles. The third-order valence-electron chi connectivity index (χ3n) is 4.08. The van der Waals surface area contributed by atoms with Gasteiger partial charge in [0.05, 0.1) is 5.52 Å². The van der Waals surface area contributed by atoms with E-state index in [1.807, 2.05) is 7.05 Å². The van der Waals surface area contributed by atoms with Crippen LogP contribution in [-0.4, -0.2) is 16.5 Å². The lowest BCUT2D eigenvalue weighted by molar-refractivity contribution is 0.349. The minimum absolute atomic E-state index is 0.226. The molecule has 2 heterocycles. The van der Waals surface area contributed by atoms with E-state index in [9.17, 15) is 8.78 Å². The van der Waals surface area contributed by atoms with Crippen molar-refractivity contribution in [1.29, 1.82) is 0 Å². The van der Waals surface area contributed by atoms with Crippen molar-refractivity contribution in [3.8, 4) is 5.69 Å². The summed E-state index contributed by atoms with van der Waals surface area (Å²) >= 11 is 0. The van der Waals surface area contributed by atoms with Crippen LogP contribution < -0.4 is 0 Å². The van der Waals surface area contributed by atoms with Crippen molar-refractivity contribution in [2.45, 2.75) is 13.1 Å². The standard InChI is InChI=1S/C17H14F2N2/c1-20-9-15-14-8-12(19)4-7-16(14)21(17(15)10-20)13-5-2-11(18)3-6-13/h2-8H,9-10H2,1H3. The summed E-state index contributed by atoms with van der Waals surface area (Å²) in [6.45, 7) is 1.62. The summed E-state index contributed by atoms with van der Waals surface area (Å²) in [5.74, 6) is -0.480. The van der Waals surface area contributed by atoms with E-state index in [1.165, 1.54) is 18.2 Å². The van der Waals surface area contributed by atoms with E-state index >= 15 is 0 Å². The summed E-state index contributed by atoms with van der Waals surface area (Å²) in [5.41, 5.74) is 4.20. The molecule has 4 rings (SSSR count). The summed E-state index contributed by atoms with van der Waals surface area (Å²) in [6.07, 6.45) is 0. The van der Waals surface area contributed by atoms with Gasteiger partial charge in [0.25, 0.3) is 0 Å². The van der Waals surface area contributed by atoms with E-state index in [0.29, 0.717) is 0 Å². The van der Waals surface area contributed by atoms with Crippen molar-refractivity contribution in [1.82, 2.24) is 9.47 Å². The van der Waals surface area contributed by atoms with Gasteiger partial charge in [0.2, 0.25) is 0 Å². The van der Waals surface area contributed by atoms with Crippen molar-refractivity contribution in [2.24, 2.45) is 0 Å². The van der Waals surface area contributed by atoms with Gasteiger partial charge in [0, 0.05) is 29.9 Å². The van der Waals surface area contributed by atoms with E-state index < -0.39 is 0 Å². The van der Waals surface area contributed by atoms with Gasteiger partial charge in [-0.2, -0.15) is 0 Å². The van der Waals surface area contributed by atoms with Gasteiger partial charge in [-0.15, -0.1) is 0 Å². The molecule has 0 saturated heterocycles. The molecule has 0 unspecified atom stereocenters. The molecule has 0 atom stereocenters. The molecule has 2 nitrogen and oxygen atoms in total. The Kier molecular flexibility index (Phi) is 2.62. The Morgan fingerprint density at radius 1 is 0.905 bits per heavy atom. The molecule has 0 fully saturated rings. The number of nitrogens with zero attached hydrogens (tertiary/aromatic N) is 2. The number of hydrogen-bond acceptors (Lipinski definition) is 1. The van der Waals surface area contributed by atoms with E-state index in [0.717, 1.165) is 40.9 Å². The van der Waals surface area contributed by atoms with Crippen LogP contribution >= 0.6 is 0 Å². The van der Waals surface area contributed by atoms with Crippen molar-refractivity contribution in [3.05, 3.63) is 65.4 Å². The van der Waals surface area contributed by atoms with Gasteiger partial charge in [-0.3, -0.25) is 4.90 Å². The van der Waals surface area contributed by atoms with Crippen molar-refractivity contribution in [2.75, 3.05) is 7.05 Å². The predicted octanol–water partition coefficient (Wildman–Crippen LogP) is 3.85. The molecule has 0 radical (unpaired) electrons. The molecule has 3 aromatic rings. The van der Waals surface area contributed by atoms with Crippen LogP contribution in [0.25, 0.3) is 16.6 Å². The Bertz CT molecular complexity index is 834. The first-order valence-electron chi connectivity index (χ1n) is 6.89. The molecule has 2 aromatic carbocycles. The minimum atomic E-state index is -0.255. The van der Waals surface area contributed by atoms with Crippen molar-refractivity contribution in [3.63, 3.8) is 0 Å². The lowest BCUT2D eigenvalue weighted by Crippen LogP contribution is -2.10. The Morgan fingerprint density at radius 3 is 2.38 bits per heavy atom. The van der Waals surface area contributed by atoms with Gasteiger partial charge >= 0.3 is 0 Å². The van der Waals surface area contributed by atoms with Gasteiger partial charge in [0.1, 0.15) is 11.6 Å². The van der Waals surface area contributed by atoms with Gasteiger partial charge in [-0.05, 0) is 55.1 Å². The first-order valence-corrected chi connectivity index (χ1v) is 6.89. The summed E-state index contributed by atoms with van der Waals surface area (Å²) in [6, 6.07) is 11.3. The highest BCUT2D eigenvalue weighted by Gasteiger charge is 2.25. The molecule has 0 N–H and O–H groups in total. The summed E-state index contributed by atoms with van der Waals surface area (Å²) in [7, 11) is 2.04. The third-order valence-corrected chi connectivity index (χ3v) is 4.08. The number of rotatable bonds is 1. The Balaban J connectivity index is 2.04. The molecule has 1 aliphatic rings. The zero-order chi connectivity index (χ0) is 14.6. The van der Waals surface area contributed by atoms with E-state index in [1.54, 1.807) is 24.3 Å². The lowest BCUT2D eigenvalue weighted by atomic mass is 10.1. The maximum atomic E-state index is 13.6. The van der Waals surface area contributed by atoms with E-state index in [-0.39, 0.29) is 11.6 Å². The van der Waals surface area contributed by atoms with Gasteiger partial charge < -0.3 is 4.57 Å². The zero-order valence-electron chi connectivity index (χ0n) is 11.6. The smallest absolute Gasteiger partial charge is 0.123 e. The van der Waals surface area contributed by atoms with Crippen LogP contribution in [0.15, 0.2) is 42.5 Å². The van der Waals surface area contributed by atoms with Gasteiger partial charge in [0.15, 0.2) is 0 Å². The average molecular weight is 284 g/mol. The Hall–Kier alpha value is -2.20. The fourth-order valence-electron chi connectivity index (χ4n) is 3.19. The second-order valence-electron chi connectivity index (χ2n) is 5.57. The first kappa shape index (κ1) is 12.5. The van der Waals surface area contributed by atoms with Crippen LogP contribution in [-0.2, 0) is 13.1 Å². The third kappa shape index (κ3) is 1.87. The topological polar surface area (TPSA) is 8.17 Å². The molecule has 106 valence electrons. The quantitative estimate of drug-likeness (QED) is 0.659. The minimum Gasteiger partial charge on any atom is -0.312 e. The van der Waals surface area contributed by atoms with Gasteiger partial charge in [-0.25, -0.2) is 8.78 Å². The molecule has 4 heteroatoms. The normalized spacial score (nSPS) is 14.8. The Morgan fingerprint density at radius 2 is 1.62 bits per heavy atom. The highest BCUT2D eigenvalue weighted by Crippen LogP contribution is 2.35. The number of fused-ring (bicyclic) bond motifs is 3. The van der Waals surface area contributed by atoms with Crippen LogP contribution in [0.4, 0.5) is 8.78 Å². The number of halogens is 2. The predicted molar refractivity (Wildman–Crippen MR) is 78.4 cm³/mol. The summed E-state index contributed by atoms with van der Waals surface area (Å²) < 4.78 is 28.9. The summed E-state index contributed by atoms with van der Waals surface area (Å²) in [5, 5.41) is 0.943. The number of aromatic nitrogens is 1. The maximum absolute atomic E-state index is 13.6. The average Bonchev–Trinajstić information content (AvgIpc) is 2.95. The first-order chi connectivity index (χ1) is 10.1. The molecule has 1 aliphatic heterocycles. The fourth-order valence-corrected chi connectivity index (χ4v) is 3.19. The molecule has 1 aromatic heterocycles. The largest absolute Gasteiger partial charge is 0.312 e. The summed E-state index contributed by atoms with van der Waals surface area (Å²) in [4.78, 5) is 2.19. The number of benzene rings is 2. The second-order valence-corrected chi connectivity index (χ2v) is 5.57. The van der Waals surface area contributed by atoms with Crippen LogP contribution in [0.2, 0.25) is 0 Å². The molecule has 0 spiro atoms.